The number of likely N-dealkylation sites (tertiary alicyclic amines) is 1. The molecule has 0 amide bonds. The van der Waals surface area contributed by atoms with Gasteiger partial charge in [-0.15, -0.1) is 0 Å². The molecule has 1 aliphatic heterocycles. The van der Waals surface area contributed by atoms with Crippen molar-refractivity contribution in [2.75, 3.05) is 33.3 Å². The van der Waals surface area contributed by atoms with Gasteiger partial charge in [0.2, 0.25) is 0 Å². The van der Waals surface area contributed by atoms with Crippen LogP contribution in [0.4, 0.5) is 0 Å². The summed E-state index contributed by atoms with van der Waals surface area (Å²) in [5.41, 5.74) is 1.36. The molecule has 1 unspecified atom stereocenters. The second-order valence-corrected chi connectivity index (χ2v) is 6.26. The zero-order chi connectivity index (χ0) is 15.1. The van der Waals surface area contributed by atoms with Crippen molar-refractivity contribution in [1.29, 1.82) is 0 Å². The van der Waals surface area contributed by atoms with Crippen molar-refractivity contribution in [3.8, 4) is 5.75 Å². The Morgan fingerprint density at radius 2 is 1.90 bits per heavy atom. The maximum Gasteiger partial charge on any atom is 0.118 e. The number of methoxy groups -OCH3 is 1. The van der Waals surface area contributed by atoms with Crippen molar-refractivity contribution < 1.29 is 4.74 Å². The summed E-state index contributed by atoms with van der Waals surface area (Å²) in [4.78, 5) is 2.61. The van der Waals surface area contributed by atoms with Crippen LogP contribution in [0.5, 0.6) is 5.75 Å². The van der Waals surface area contributed by atoms with E-state index < -0.39 is 0 Å². The molecule has 3 nitrogen and oxygen atoms in total. The third kappa shape index (κ3) is 5.01. The molecule has 1 heterocycles. The Balaban J connectivity index is 1.99. The van der Waals surface area contributed by atoms with Crippen molar-refractivity contribution in [1.82, 2.24) is 10.2 Å². The fourth-order valence-corrected chi connectivity index (χ4v) is 2.95. The van der Waals surface area contributed by atoms with E-state index in [0.29, 0.717) is 6.04 Å². The fraction of sp³-hybridized carbons (Fsp3) is 0.667. The third-order valence-corrected chi connectivity index (χ3v) is 4.48. The standard InChI is InChI=1S/C18H30N2O/c1-4-11-19-18(14-20-12-9-15(2)10-13-20)16-5-7-17(21-3)8-6-16/h5-8,15,18-19H,4,9-14H2,1-3H3. The Morgan fingerprint density at radius 3 is 2.48 bits per heavy atom. The first-order valence-electron chi connectivity index (χ1n) is 8.32. The summed E-state index contributed by atoms with van der Waals surface area (Å²) in [5.74, 6) is 1.82. The van der Waals surface area contributed by atoms with Gasteiger partial charge < -0.3 is 15.0 Å². The molecule has 0 bridgehead atoms. The monoisotopic (exact) mass is 290 g/mol. The van der Waals surface area contributed by atoms with Gasteiger partial charge >= 0.3 is 0 Å². The first kappa shape index (κ1) is 16.3. The normalized spacial score (nSPS) is 18.6. The van der Waals surface area contributed by atoms with Gasteiger partial charge in [-0.05, 0) is 62.5 Å². The molecule has 2 rings (SSSR count). The zero-order valence-electron chi connectivity index (χ0n) is 13.8. The number of nitrogens with one attached hydrogen (secondary N) is 1. The van der Waals surface area contributed by atoms with Crippen molar-refractivity contribution in [3.63, 3.8) is 0 Å². The highest BCUT2D eigenvalue weighted by Crippen LogP contribution is 2.22. The molecule has 0 saturated carbocycles. The molecule has 118 valence electrons. The lowest BCUT2D eigenvalue weighted by molar-refractivity contribution is 0.175. The summed E-state index contributed by atoms with van der Waals surface area (Å²) in [5, 5.41) is 3.70. The Hall–Kier alpha value is -1.06. The molecule has 0 aromatic heterocycles. The third-order valence-electron chi connectivity index (χ3n) is 4.48. The minimum Gasteiger partial charge on any atom is -0.497 e. The van der Waals surface area contributed by atoms with Crippen LogP contribution in [0.15, 0.2) is 24.3 Å². The molecule has 3 heteroatoms. The van der Waals surface area contributed by atoms with E-state index in [4.69, 9.17) is 4.74 Å². The Bertz CT molecular complexity index is 396. The van der Waals surface area contributed by atoms with Crippen molar-refractivity contribution >= 4 is 0 Å². The second-order valence-electron chi connectivity index (χ2n) is 6.26. The van der Waals surface area contributed by atoms with Gasteiger partial charge in [0.1, 0.15) is 5.75 Å². The molecule has 1 aromatic rings. The SMILES string of the molecule is CCCNC(CN1CCC(C)CC1)c1ccc(OC)cc1. The van der Waals surface area contributed by atoms with E-state index in [-0.39, 0.29) is 0 Å². The van der Waals surface area contributed by atoms with Gasteiger partial charge in [-0.3, -0.25) is 0 Å². The van der Waals surface area contributed by atoms with Crippen LogP contribution in [0.3, 0.4) is 0 Å². The lowest BCUT2D eigenvalue weighted by Crippen LogP contribution is -2.39. The zero-order valence-corrected chi connectivity index (χ0v) is 13.8. The lowest BCUT2D eigenvalue weighted by atomic mass is 9.98. The molecular formula is C18H30N2O. The van der Waals surface area contributed by atoms with Crippen LogP contribution in [0.1, 0.15) is 44.7 Å². The summed E-state index contributed by atoms with van der Waals surface area (Å²) in [7, 11) is 1.72. The number of hydrogen-bond acceptors (Lipinski definition) is 3. The fourth-order valence-electron chi connectivity index (χ4n) is 2.95. The average molecular weight is 290 g/mol. The molecule has 21 heavy (non-hydrogen) atoms. The first-order valence-corrected chi connectivity index (χ1v) is 8.32. The second kappa shape index (κ2) is 8.40. The minimum absolute atomic E-state index is 0.421. The quantitative estimate of drug-likeness (QED) is 0.832. The number of piperidine rings is 1. The van der Waals surface area contributed by atoms with E-state index in [2.05, 4.69) is 48.3 Å². The van der Waals surface area contributed by atoms with Crippen molar-refractivity contribution in [3.05, 3.63) is 29.8 Å². The molecule has 1 aromatic carbocycles. The van der Waals surface area contributed by atoms with E-state index in [1.54, 1.807) is 7.11 Å². The smallest absolute Gasteiger partial charge is 0.118 e. The van der Waals surface area contributed by atoms with Gasteiger partial charge in [-0.1, -0.05) is 26.0 Å². The Labute approximate surface area is 129 Å². The Morgan fingerprint density at radius 1 is 1.24 bits per heavy atom. The van der Waals surface area contributed by atoms with Gasteiger partial charge in [0.15, 0.2) is 0 Å². The number of rotatable bonds is 7. The average Bonchev–Trinajstić information content (AvgIpc) is 2.53. The van der Waals surface area contributed by atoms with E-state index in [1.807, 2.05) is 0 Å². The summed E-state index contributed by atoms with van der Waals surface area (Å²) in [6.45, 7) is 9.25. The maximum atomic E-state index is 5.26. The van der Waals surface area contributed by atoms with Crippen LogP contribution < -0.4 is 10.1 Å². The van der Waals surface area contributed by atoms with Crippen LogP contribution in [-0.4, -0.2) is 38.2 Å². The highest BCUT2D eigenvalue weighted by atomic mass is 16.5. The van der Waals surface area contributed by atoms with Crippen molar-refractivity contribution in [2.24, 2.45) is 5.92 Å². The van der Waals surface area contributed by atoms with Crippen LogP contribution in [0.2, 0.25) is 0 Å². The van der Waals surface area contributed by atoms with E-state index in [0.717, 1.165) is 24.8 Å². The molecule has 0 spiro atoms. The largest absolute Gasteiger partial charge is 0.497 e. The predicted molar refractivity (Wildman–Crippen MR) is 88.9 cm³/mol. The topological polar surface area (TPSA) is 24.5 Å². The molecule has 1 saturated heterocycles. The number of ether oxygens (including phenoxy) is 1. The van der Waals surface area contributed by atoms with E-state index >= 15 is 0 Å². The minimum atomic E-state index is 0.421. The Kier molecular flexibility index (Phi) is 6.52. The molecule has 1 fully saturated rings. The van der Waals surface area contributed by atoms with Gasteiger partial charge in [0.05, 0.1) is 7.11 Å². The van der Waals surface area contributed by atoms with Gasteiger partial charge in [0.25, 0.3) is 0 Å². The molecule has 0 aliphatic carbocycles. The van der Waals surface area contributed by atoms with Gasteiger partial charge in [-0.25, -0.2) is 0 Å². The molecule has 1 aliphatic rings. The van der Waals surface area contributed by atoms with Crippen molar-refractivity contribution in [2.45, 2.75) is 39.2 Å². The summed E-state index contributed by atoms with van der Waals surface area (Å²) in [6, 6.07) is 8.93. The predicted octanol–water partition coefficient (Wildman–Crippen LogP) is 3.47. The van der Waals surface area contributed by atoms with Gasteiger partial charge in [-0.2, -0.15) is 0 Å². The number of hydrogen-bond donors (Lipinski definition) is 1. The van der Waals surface area contributed by atoms with E-state index in [9.17, 15) is 0 Å². The summed E-state index contributed by atoms with van der Waals surface area (Å²) >= 11 is 0. The van der Waals surface area contributed by atoms with Crippen LogP contribution >= 0.6 is 0 Å². The van der Waals surface area contributed by atoms with Gasteiger partial charge in [0, 0.05) is 12.6 Å². The summed E-state index contributed by atoms with van der Waals surface area (Å²) in [6.07, 6.45) is 3.84. The first-order chi connectivity index (χ1) is 10.2. The maximum absolute atomic E-state index is 5.26. The van der Waals surface area contributed by atoms with Crippen LogP contribution in [0, 0.1) is 5.92 Å². The number of nitrogens with zero attached hydrogens (tertiary/aromatic N) is 1. The highest BCUT2D eigenvalue weighted by molar-refractivity contribution is 5.29. The van der Waals surface area contributed by atoms with E-state index in [1.165, 1.54) is 37.9 Å². The summed E-state index contributed by atoms with van der Waals surface area (Å²) < 4.78 is 5.26. The van der Waals surface area contributed by atoms with Crippen LogP contribution in [-0.2, 0) is 0 Å². The van der Waals surface area contributed by atoms with Crippen LogP contribution in [0.25, 0.3) is 0 Å². The molecule has 1 N–H and O–H groups in total. The molecule has 0 radical (unpaired) electrons. The molecule has 1 atom stereocenters. The number of benzene rings is 1. The highest BCUT2D eigenvalue weighted by Gasteiger charge is 2.20. The lowest BCUT2D eigenvalue weighted by Gasteiger charge is -2.33. The molecular weight excluding hydrogens is 260 g/mol.